The van der Waals surface area contributed by atoms with Gasteiger partial charge in [-0.15, -0.1) is 0 Å². The van der Waals surface area contributed by atoms with Crippen LogP contribution in [-0.2, 0) is 17.1 Å². The number of H-pyrrole nitrogens is 1. The van der Waals surface area contributed by atoms with Gasteiger partial charge in [0, 0.05) is 24.9 Å². The van der Waals surface area contributed by atoms with Crippen molar-refractivity contribution < 1.29 is 18.7 Å². The summed E-state index contributed by atoms with van der Waals surface area (Å²) in [6.45, 7) is 0.599. The van der Waals surface area contributed by atoms with Crippen molar-refractivity contribution in [2.24, 2.45) is 0 Å². The Morgan fingerprint density at radius 2 is 2.00 bits per heavy atom. The normalized spacial score (nSPS) is 18.4. The average molecular weight is 418 g/mol. The predicted molar refractivity (Wildman–Crippen MR) is 109 cm³/mol. The quantitative estimate of drug-likeness (QED) is 0.431. The number of hydrogen-bond acceptors (Lipinski definition) is 4. The molecular weight excluding hydrogens is 390 g/mol. The minimum absolute atomic E-state index is 0.0376. The van der Waals surface area contributed by atoms with Crippen molar-refractivity contribution in [3.8, 4) is 0 Å². The average Bonchev–Trinajstić information content (AvgIpc) is 3.39. The number of aromatic amines is 1. The molecule has 6 nitrogen and oxygen atoms in total. The zero-order valence-electron chi connectivity index (χ0n) is 16.9. The lowest BCUT2D eigenvalue weighted by Gasteiger charge is -2.24. The van der Waals surface area contributed by atoms with Gasteiger partial charge in [0.05, 0.1) is 6.04 Å². The minimum Gasteiger partial charge on any atom is -0.382 e. The fraction of sp³-hybridized carbons (Fsp3) is 0.500. The molecule has 0 radical (unpaired) electrons. The van der Waals surface area contributed by atoms with Crippen molar-refractivity contribution in [1.29, 1.82) is 0 Å². The van der Waals surface area contributed by atoms with Crippen molar-refractivity contribution in [2.75, 3.05) is 6.54 Å². The number of benzene rings is 1. The Bertz CT molecular complexity index is 812. The lowest BCUT2D eigenvalue weighted by molar-refractivity contribution is -0.128. The number of amides is 1. The number of aliphatic hydroxyl groups is 1. The molecule has 1 aromatic heterocycles. The summed E-state index contributed by atoms with van der Waals surface area (Å²) in [4.78, 5) is 18.0. The number of halogens is 2. The fourth-order valence-electron chi connectivity index (χ4n) is 3.71. The molecule has 3 rings (SSSR count). The van der Waals surface area contributed by atoms with Crippen LogP contribution < -0.4 is 0 Å². The van der Waals surface area contributed by atoms with Crippen LogP contribution >= 0.6 is 0 Å². The van der Waals surface area contributed by atoms with Gasteiger partial charge in [0.2, 0.25) is 5.91 Å². The van der Waals surface area contributed by atoms with Gasteiger partial charge in [0.25, 0.3) is 0 Å². The van der Waals surface area contributed by atoms with E-state index >= 15 is 0 Å². The van der Waals surface area contributed by atoms with Crippen molar-refractivity contribution in [2.45, 2.75) is 63.0 Å². The molecule has 0 spiro atoms. The molecule has 0 aliphatic carbocycles. The second-order valence-corrected chi connectivity index (χ2v) is 7.61. The lowest BCUT2D eigenvalue weighted by Crippen LogP contribution is -2.34. The third kappa shape index (κ3) is 5.72. The summed E-state index contributed by atoms with van der Waals surface area (Å²) in [5, 5.41) is 16.7. The molecule has 1 fully saturated rings. The third-order valence-electron chi connectivity index (χ3n) is 5.45. The molecule has 2 N–H and O–H groups in total. The van der Waals surface area contributed by atoms with Crippen LogP contribution in [0, 0.1) is 0 Å². The van der Waals surface area contributed by atoms with Gasteiger partial charge in [-0.3, -0.25) is 9.89 Å². The second-order valence-electron chi connectivity index (χ2n) is 7.61. The minimum atomic E-state index is -3.38. The maximum atomic E-state index is 14.4. The molecular formula is C22H28F2N4O2. The molecule has 2 heterocycles. The molecule has 2 atom stereocenters. The van der Waals surface area contributed by atoms with Crippen molar-refractivity contribution in [1.82, 2.24) is 20.1 Å². The first-order chi connectivity index (χ1) is 14.5. The molecule has 0 saturated carbocycles. The van der Waals surface area contributed by atoms with E-state index in [-0.39, 0.29) is 17.5 Å². The van der Waals surface area contributed by atoms with Gasteiger partial charge in [0.1, 0.15) is 18.3 Å². The highest BCUT2D eigenvalue weighted by atomic mass is 19.3. The number of carbonyl (C=O) groups excluding carboxylic acids is 1. The van der Waals surface area contributed by atoms with Gasteiger partial charge < -0.3 is 10.0 Å². The molecule has 30 heavy (non-hydrogen) atoms. The molecule has 162 valence electrons. The molecule has 1 aromatic carbocycles. The summed E-state index contributed by atoms with van der Waals surface area (Å²) < 4.78 is 28.9. The molecule has 1 aliphatic rings. The van der Waals surface area contributed by atoms with Crippen molar-refractivity contribution >= 4 is 5.91 Å². The number of likely N-dealkylation sites (tertiary alicyclic amines) is 1. The predicted octanol–water partition coefficient (Wildman–Crippen LogP) is 3.61. The summed E-state index contributed by atoms with van der Waals surface area (Å²) in [6.07, 6.45) is 7.92. The topological polar surface area (TPSA) is 82.1 Å². The maximum Gasteiger partial charge on any atom is 0.302 e. The molecule has 1 aliphatic heterocycles. The van der Waals surface area contributed by atoms with Crippen LogP contribution in [0.5, 0.6) is 0 Å². The molecule has 0 bridgehead atoms. The molecule has 8 heteroatoms. The summed E-state index contributed by atoms with van der Waals surface area (Å²) in [5.41, 5.74) is -0.230. The largest absolute Gasteiger partial charge is 0.382 e. The van der Waals surface area contributed by atoms with E-state index in [1.807, 2.05) is 0 Å². The second kappa shape index (κ2) is 10.4. The summed E-state index contributed by atoms with van der Waals surface area (Å²) in [5.74, 6) is -2.47. The zero-order chi connectivity index (χ0) is 21.4. The first kappa shape index (κ1) is 22.1. The molecule has 2 aromatic rings. The fourth-order valence-corrected chi connectivity index (χ4v) is 3.71. The van der Waals surface area contributed by atoms with Crippen LogP contribution in [0.1, 0.15) is 49.9 Å². The van der Waals surface area contributed by atoms with Gasteiger partial charge in [0.15, 0.2) is 0 Å². The Kier molecular flexibility index (Phi) is 7.68. The zero-order valence-corrected chi connectivity index (χ0v) is 16.9. The van der Waals surface area contributed by atoms with Gasteiger partial charge in [-0.1, -0.05) is 55.3 Å². The monoisotopic (exact) mass is 418 g/mol. The lowest BCUT2D eigenvalue weighted by atomic mass is 10.0. The number of aromatic nitrogens is 3. The molecule has 0 unspecified atom stereocenters. The summed E-state index contributed by atoms with van der Waals surface area (Å²) in [7, 11) is 0. The number of aliphatic hydroxyl groups excluding tert-OH is 1. The van der Waals surface area contributed by atoms with E-state index in [9.17, 15) is 18.7 Å². The van der Waals surface area contributed by atoms with E-state index in [1.165, 1.54) is 30.6 Å². The Labute approximate surface area is 175 Å². The van der Waals surface area contributed by atoms with Gasteiger partial charge in [-0.2, -0.15) is 13.9 Å². The number of unbranched alkanes of at least 4 members (excludes halogenated alkanes) is 3. The Morgan fingerprint density at radius 1 is 1.23 bits per heavy atom. The Balaban J connectivity index is 1.45. The SMILES string of the molecule is O=C1CC[C@H](/C=C/[C@@H](O)C(F)(F)c2ccccc2)N1CCCCCCc1ncn[nH]1. The van der Waals surface area contributed by atoms with E-state index in [4.69, 9.17) is 0 Å². The first-order valence-corrected chi connectivity index (χ1v) is 10.4. The van der Waals surface area contributed by atoms with Crippen molar-refractivity contribution in [3.63, 3.8) is 0 Å². The van der Waals surface area contributed by atoms with Crippen molar-refractivity contribution in [3.05, 3.63) is 60.2 Å². The summed E-state index contributed by atoms with van der Waals surface area (Å²) >= 11 is 0. The van der Waals surface area contributed by atoms with E-state index in [0.717, 1.165) is 44.0 Å². The highest BCUT2D eigenvalue weighted by Crippen LogP contribution is 2.32. The highest BCUT2D eigenvalue weighted by Gasteiger charge is 2.39. The van der Waals surface area contributed by atoms with Crippen LogP contribution in [0.4, 0.5) is 8.78 Å². The van der Waals surface area contributed by atoms with E-state index in [0.29, 0.717) is 19.4 Å². The van der Waals surface area contributed by atoms with Crippen LogP contribution in [0.3, 0.4) is 0 Å². The van der Waals surface area contributed by atoms with Gasteiger partial charge in [-0.25, -0.2) is 4.98 Å². The highest BCUT2D eigenvalue weighted by molar-refractivity contribution is 5.79. The molecule has 1 saturated heterocycles. The van der Waals surface area contributed by atoms with Gasteiger partial charge in [-0.05, 0) is 19.3 Å². The van der Waals surface area contributed by atoms with Crippen LogP contribution in [0.25, 0.3) is 0 Å². The molecule has 1 amide bonds. The first-order valence-electron chi connectivity index (χ1n) is 10.4. The van der Waals surface area contributed by atoms with Crippen LogP contribution in [0.2, 0.25) is 0 Å². The standard InChI is InChI=1S/C22H28F2N4O2/c23-22(24,17-8-4-3-5-9-17)19(29)13-11-18-12-14-21(30)28(18)15-7-2-1-6-10-20-25-16-26-27-20/h3-5,8-9,11,13,16,18-19,29H,1-2,6-7,10,12,14-15H2,(H,25,26,27)/b13-11+/t18-,19+/m0/s1. The number of hydrogen-bond donors (Lipinski definition) is 2. The number of aryl methyl sites for hydroxylation is 1. The van der Waals surface area contributed by atoms with Crippen LogP contribution in [-0.4, -0.2) is 49.8 Å². The maximum absolute atomic E-state index is 14.4. The number of carbonyl (C=O) groups is 1. The van der Waals surface area contributed by atoms with E-state index in [1.54, 1.807) is 17.0 Å². The Hall–Kier alpha value is -2.61. The van der Waals surface area contributed by atoms with E-state index < -0.39 is 12.0 Å². The van der Waals surface area contributed by atoms with Crippen LogP contribution in [0.15, 0.2) is 48.8 Å². The Morgan fingerprint density at radius 3 is 2.73 bits per heavy atom. The number of rotatable bonds is 11. The van der Waals surface area contributed by atoms with E-state index in [2.05, 4.69) is 15.2 Å². The number of nitrogens with zero attached hydrogens (tertiary/aromatic N) is 3. The third-order valence-corrected chi connectivity index (χ3v) is 5.45. The number of nitrogens with one attached hydrogen (secondary N) is 1. The summed E-state index contributed by atoms with van der Waals surface area (Å²) in [6, 6.07) is 7.03. The number of alkyl halides is 2. The van der Waals surface area contributed by atoms with Gasteiger partial charge >= 0.3 is 5.92 Å². The smallest absolute Gasteiger partial charge is 0.302 e.